The number of hydrogen-bond donors (Lipinski definition) is 1. The fourth-order valence-corrected chi connectivity index (χ4v) is 2.52. The van der Waals surface area contributed by atoms with Gasteiger partial charge in [0.15, 0.2) is 0 Å². The number of hydrogen-bond acceptors (Lipinski definition) is 2. The molecule has 1 N–H and O–H groups in total. The number of nitrogens with zero attached hydrogens (tertiary/aromatic N) is 1. The number of aliphatic hydroxyl groups is 1. The molecular weight excluding hydrogens is 329 g/mol. The lowest BCUT2D eigenvalue weighted by atomic mass is 9.95. The van der Waals surface area contributed by atoms with Gasteiger partial charge in [-0.3, -0.25) is 4.79 Å². The molecule has 0 aliphatic carbocycles. The molecule has 1 atom stereocenters. The summed E-state index contributed by atoms with van der Waals surface area (Å²) >= 11 is 0. The van der Waals surface area contributed by atoms with Gasteiger partial charge in [0.25, 0.3) is 0 Å². The van der Waals surface area contributed by atoms with Crippen LogP contribution >= 0.6 is 0 Å². The van der Waals surface area contributed by atoms with Gasteiger partial charge in [-0.05, 0) is 36.6 Å². The molecule has 0 saturated carbocycles. The Hall–Kier alpha value is -2.64. The molecule has 0 aromatic heterocycles. The quantitative estimate of drug-likeness (QED) is 0.500. The van der Waals surface area contributed by atoms with Crippen LogP contribution in [0, 0.1) is 23.6 Å². The Balaban J connectivity index is 2.23. The maximum Gasteiger partial charge on any atom is 0.250 e. The number of allylic oxidation sites excluding steroid dienone is 4. The van der Waals surface area contributed by atoms with E-state index in [0.717, 1.165) is 6.42 Å². The van der Waals surface area contributed by atoms with Crippen molar-refractivity contribution < 1.29 is 14.3 Å². The van der Waals surface area contributed by atoms with E-state index in [2.05, 4.69) is 18.4 Å². The molecule has 3 nitrogen and oxygen atoms in total. The highest BCUT2D eigenvalue weighted by atomic mass is 19.1. The fraction of sp³-hybridized carbons (Fsp3) is 0.318. The minimum absolute atomic E-state index is 0.0533. The van der Waals surface area contributed by atoms with Crippen LogP contribution in [0.3, 0.4) is 0 Å². The number of benzene rings is 1. The largest absolute Gasteiger partial charge is 0.389 e. The van der Waals surface area contributed by atoms with Gasteiger partial charge in [-0.2, -0.15) is 0 Å². The van der Waals surface area contributed by atoms with Crippen molar-refractivity contribution in [3.63, 3.8) is 0 Å². The Morgan fingerprint density at radius 3 is 2.77 bits per heavy atom. The molecule has 1 amide bonds. The lowest BCUT2D eigenvalue weighted by Gasteiger charge is -2.37. The number of β-amino-alcohol motifs (C(OH)–C–C–N with tert-alkyl or cyclic N) is 1. The summed E-state index contributed by atoms with van der Waals surface area (Å²) in [5.74, 6) is 5.55. The van der Waals surface area contributed by atoms with Gasteiger partial charge in [-0.25, -0.2) is 4.39 Å². The molecule has 1 saturated heterocycles. The van der Waals surface area contributed by atoms with Crippen LogP contribution in [0.5, 0.6) is 0 Å². The number of halogens is 1. The van der Waals surface area contributed by atoms with Crippen LogP contribution in [0.15, 0.2) is 60.2 Å². The summed E-state index contributed by atoms with van der Waals surface area (Å²) < 4.78 is 13.2. The van der Waals surface area contributed by atoms with Crippen LogP contribution in [-0.4, -0.2) is 35.1 Å². The smallest absolute Gasteiger partial charge is 0.250 e. The topological polar surface area (TPSA) is 40.5 Å². The summed E-state index contributed by atoms with van der Waals surface area (Å²) in [5.41, 5.74) is 1.91. The normalized spacial score (nSPS) is 16.4. The Kier molecular flexibility index (Phi) is 6.94. The molecule has 1 heterocycles. The molecule has 0 spiro atoms. The second-order valence-corrected chi connectivity index (χ2v) is 6.38. The Morgan fingerprint density at radius 1 is 1.46 bits per heavy atom. The summed E-state index contributed by atoms with van der Waals surface area (Å²) in [7, 11) is 0. The zero-order valence-corrected chi connectivity index (χ0v) is 15.2. The van der Waals surface area contributed by atoms with Crippen molar-refractivity contribution >= 4 is 5.91 Å². The fourth-order valence-electron chi connectivity index (χ4n) is 2.52. The predicted molar refractivity (Wildman–Crippen MR) is 102 cm³/mol. The maximum atomic E-state index is 13.2. The highest BCUT2D eigenvalue weighted by molar-refractivity contribution is 5.94. The number of aliphatic hydroxyl groups excluding tert-OH is 1. The summed E-state index contributed by atoms with van der Waals surface area (Å²) in [6.07, 6.45) is 5.55. The van der Waals surface area contributed by atoms with Crippen LogP contribution in [0.1, 0.15) is 25.8 Å². The second kappa shape index (κ2) is 9.17. The van der Waals surface area contributed by atoms with Crippen LogP contribution in [0.25, 0.3) is 0 Å². The van der Waals surface area contributed by atoms with E-state index < -0.39 is 6.10 Å². The molecule has 136 valence electrons. The molecule has 1 aromatic carbocycles. The van der Waals surface area contributed by atoms with Crippen molar-refractivity contribution in [2.75, 3.05) is 13.1 Å². The first kappa shape index (κ1) is 19.7. The van der Waals surface area contributed by atoms with Gasteiger partial charge in [0.05, 0.1) is 6.10 Å². The molecule has 4 heteroatoms. The molecule has 0 bridgehead atoms. The molecule has 1 fully saturated rings. The minimum Gasteiger partial charge on any atom is -0.389 e. The van der Waals surface area contributed by atoms with Crippen LogP contribution in [-0.2, 0) is 4.79 Å². The van der Waals surface area contributed by atoms with E-state index in [0.29, 0.717) is 29.8 Å². The molecule has 2 rings (SSSR count). The van der Waals surface area contributed by atoms with Crippen molar-refractivity contribution in [3.8, 4) is 11.8 Å². The predicted octanol–water partition coefficient (Wildman–Crippen LogP) is 3.47. The number of rotatable bonds is 5. The van der Waals surface area contributed by atoms with Crippen molar-refractivity contribution in [3.05, 3.63) is 71.6 Å². The number of carbonyl (C=O) groups is 1. The average Bonchev–Trinajstić information content (AvgIpc) is 2.61. The molecule has 0 radical (unpaired) electrons. The van der Waals surface area contributed by atoms with Gasteiger partial charge in [-0.15, -0.1) is 0 Å². The van der Waals surface area contributed by atoms with Crippen molar-refractivity contribution in [2.45, 2.75) is 26.4 Å². The van der Waals surface area contributed by atoms with Gasteiger partial charge < -0.3 is 10.0 Å². The van der Waals surface area contributed by atoms with Crippen molar-refractivity contribution in [2.24, 2.45) is 5.92 Å². The van der Waals surface area contributed by atoms with Crippen LogP contribution in [0.4, 0.5) is 4.39 Å². The lowest BCUT2D eigenvalue weighted by molar-refractivity contribution is -0.137. The first-order chi connectivity index (χ1) is 12.4. The van der Waals surface area contributed by atoms with E-state index >= 15 is 0 Å². The maximum absolute atomic E-state index is 13.2. The summed E-state index contributed by atoms with van der Waals surface area (Å²) in [6, 6.07) is 6.08. The first-order valence-electron chi connectivity index (χ1n) is 8.73. The van der Waals surface area contributed by atoms with Gasteiger partial charge in [0.2, 0.25) is 5.91 Å². The molecule has 1 aromatic rings. The van der Waals surface area contributed by atoms with Crippen molar-refractivity contribution in [1.82, 2.24) is 4.90 Å². The van der Waals surface area contributed by atoms with E-state index in [1.54, 1.807) is 35.3 Å². The van der Waals surface area contributed by atoms with E-state index in [9.17, 15) is 14.3 Å². The lowest BCUT2D eigenvalue weighted by Crippen LogP contribution is -2.54. The van der Waals surface area contributed by atoms with E-state index in [-0.39, 0.29) is 17.6 Å². The number of carbonyl (C=O) groups excluding carboxylic acids is 1. The van der Waals surface area contributed by atoms with E-state index in [1.165, 1.54) is 12.1 Å². The Labute approximate surface area is 154 Å². The van der Waals surface area contributed by atoms with E-state index in [4.69, 9.17) is 0 Å². The van der Waals surface area contributed by atoms with Gasteiger partial charge in [-0.1, -0.05) is 50.5 Å². The molecule has 1 aliphatic heterocycles. The second-order valence-electron chi connectivity index (χ2n) is 6.38. The van der Waals surface area contributed by atoms with Crippen LogP contribution < -0.4 is 0 Å². The highest BCUT2D eigenvalue weighted by Crippen LogP contribution is 2.21. The van der Waals surface area contributed by atoms with Crippen LogP contribution in [0.2, 0.25) is 0 Å². The van der Waals surface area contributed by atoms with Gasteiger partial charge in [0.1, 0.15) is 5.82 Å². The SMILES string of the molecule is C=CC(C#Cc1cccc(F)c1)=CC=C(C(=O)N1CC(O)C1)C(C)CC. The molecule has 1 unspecified atom stereocenters. The third-order valence-corrected chi connectivity index (χ3v) is 4.38. The summed E-state index contributed by atoms with van der Waals surface area (Å²) in [5, 5.41) is 9.42. The van der Waals surface area contributed by atoms with Gasteiger partial charge in [0, 0.05) is 29.8 Å². The Morgan fingerprint density at radius 2 is 2.19 bits per heavy atom. The monoisotopic (exact) mass is 353 g/mol. The van der Waals surface area contributed by atoms with Gasteiger partial charge >= 0.3 is 0 Å². The third-order valence-electron chi connectivity index (χ3n) is 4.38. The zero-order chi connectivity index (χ0) is 19.1. The Bertz CT molecular complexity index is 792. The summed E-state index contributed by atoms with van der Waals surface area (Å²) in [6.45, 7) is 8.53. The minimum atomic E-state index is -0.423. The first-order valence-corrected chi connectivity index (χ1v) is 8.73. The highest BCUT2D eigenvalue weighted by Gasteiger charge is 2.31. The average molecular weight is 353 g/mol. The molecule has 26 heavy (non-hydrogen) atoms. The molecule has 1 aliphatic rings. The zero-order valence-electron chi connectivity index (χ0n) is 15.2. The van der Waals surface area contributed by atoms with E-state index in [1.807, 2.05) is 13.8 Å². The van der Waals surface area contributed by atoms with Crippen molar-refractivity contribution in [1.29, 1.82) is 0 Å². The number of likely N-dealkylation sites (tertiary alicyclic amines) is 1. The number of amides is 1. The molecular formula is C22H24FNO2. The third kappa shape index (κ3) is 5.18. The summed E-state index contributed by atoms with van der Waals surface area (Å²) in [4.78, 5) is 14.2. The standard InChI is InChI=1S/C22H24FNO2/c1-4-16(3)21(22(26)24-14-20(25)15-24)12-11-17(5-2)9-10-18-7-6-8-19(23)13-18/h5-8,11-13,16,20,25H,2,4,14-15H2,1,3H3.